The SMILES string of the molecule is CC(=O)NC[C@H]1CN(c2ccc(-c3ccc(CCCc4ccsc4)cc3)c(F)c2)C(=O)O1. The van der Waals surface area contributed by atoms with Gasteiger partial charge in [-0.05, 0) is 71.0 Å². The third-order valence-electron chi connectivity index (χ3n) is 5.49. The van der Waals surface area contributed by atoms with E-state index in [1.807, 2.05) is 24.3 Å². The van der Waals surface area contributed by atoms with Crippen LogP contribution in [0.4, 0.5) is 14.9 Å². The molecule has 2 amide bonds. The minimum Gasteiger partial charge on any atom is -0.442 e. The Kier molecular flexibility index (Phi) is 6.85. The third kappa shape index (κ3) is 5.34. The van der Waals surface area contributed by atoms with Gasteiger partial charge in [0.15, 0.2) is 0 Å². The maximum absolute atomic E-state index is 14.9. The first-order chi connectivity index (χ1) is 15.5. The van der Waals surface area contributed by atoms with Crippen LogP contribution in [0.15, 0.2) is 59.3 Å². The van der Waals surface area contributed by atoms with Crippen LogP contribution in [-0.4, -0.2) is 31.2 Å². The van der Waals surface area contributed by atoms with Crippen LogP contribution in [-0.2, 0) is 22.4 Å². The fourth-order valence-corrected chi connectivity index (χ4v) is 4.49. The van der Waals surface area contributed by atoms with Crippen LogP contribution in [0.5, 0.6) is 0 Å². The molecule has 1 aliphatic heterocycles. The summed E-state index contributed by atoms with van der Waals surface area (Å²) in [5.41, 5.74) is 4.32. The standard InChI is InChI=1S/C25H25FN2O3S/c1-17(29)27-14-22-15-28(25(30)31-22)21-9-10-23(24(26)13-21)20-7-5-18(6-8-20)3-2-4-19-11-12-32-16-19/h5-13,16,22H,2-4,14-15H2,1H3,(H,27,29)/t22-/m0/s1. The number of thiophene rings is 1. The van der Waals surface area contributed by atoms with Crippen molar-refractivity contribution in [1.82, 2.24) is 5.32 Å². The number of nitrogens with one attached hydrogen (secondary N) is 1. The van der Waals surface area contributed by atoms with Crippen LogP contribution in [0.25, 0.3) is 11.1 Å². The van der Waals surface area contributed by atoms with Crippen LogP contribution in [0, 0.1) is 5.82 Å². The number of hydrogen-bond acceptors (Lipinski definition) is 4. The van der Waals surface area contributed by atoms with Crippen LogP contribution >= 0.6 is 11.3 Å². The van der Waals surface area contributed by atoms with Gasteiger partial charge in [0.25, 0.3) is 0 Å². The molecule has 1 saturated heterocycles. The zero-order chi connectivity index (χ0) is 22.5. The molecule has 0 radical (unpaired) electrons. The number of halogens is 1. The summed E-state index contributed by atoms with van der Waals surface area (Å²) in [6, 6.07) is 14.9. The molecule has 4 rings (SSSR count). The number of ether oxygens (including phenoxy) is 1. The average Bonchev–Trinajstić information content (AvgIpc) is 3.42. The lowest BCUT2D eigenvalue weighted by atomic mass is 10.00. The van der Waals surface area contributed by atoms with Gasteiger partial charge >= 0.3 is 6.09 Å². The lowest BCUT2D eigenvalue weighted by Gasteiger charge is -2.14. The summed E-state index contributed by atoms with van der Waals surface area (Å²) >= 11 is 1.72. The molecule has 166 valence electrons. The molecule has 3 aromatic rings. The molecule has 0 spiro atoms. The fraction of sp³-hybridized carbons (Fsp3) is 0.280. The number of nitrogens with zero attached hydrogens (tertiary/aromatic N) is 1. The molecule has 7 heteroatoms. The maximum atomic E-state index is 14.9. The van der Waals surface area contributed by atoms with E-state index in [-0.39, 0.29) is 19.0 Å². The molecule has 0 unspecified atom stereocenters. The van der Waals surface area contributed by atoms with Crippen LogP contribution in [0.2, 0.25) is 0 Å². The van der Waals surface area contributed by atoms with E-state index in [0.29, 0.717) is 11.3 Å². The number of cyclic esters (lactones) is 1. The number of carbonyl (C=O) groups is 2. The molecular formula is C25H25FN2O3S. The van der Waals surface area contributed by atoms with Gasteiger partial charge in [-0.15, -0.1) is 0 Å². The van der Waals surface area contributed by atoms with Crippen molar-refractivity contribution in [2.75, 3.05) is 18.0 Å². The number of aryl methyl sites for hydroxylation is 2. The fourth-order valence-electron chi connectivity index (χ4n) is 3.78. The van der Waals surface area contributed by atoms with Crippen LogP contribution in [0.3, 0.4) is 0 Å². The van der Waals surface area contributed by atoms with E-state index in [1.165, 1.54) is 29.0 Å². The Balaban J connectivity index is 1.38. The molecule has 5 nitrogen and oxygen atoms in total. The molecule has 0 bridgehead atoms. The van der Waals surface area contributed by atoms with E-state index in [4.69, 9.17) is 4.74 Å². The first-order valence-corrected chi connectivity index (χ1v) is 11.6. The van der Waals surface area contributed by atoms with Gasteiger partial charge in [0.2, 0.25) is 5.91 Å². The summed E-state index contributed by atoms with van der Waals surface area (Å²) in [5.74, 6) is -0.589. The van der Waals surface area contributed by atoms with Gasteiger partial charge in [0.05, 0.1) is 18.8 Å². The van der Waals surface area contributed by atoms with Crippen LogP contribution < -0.4 is 10.2 Å². The lowest BCUT2D eigenvalue weighted by Crippen LogP contribution is -2.33. The zero-order valence-corrected chi connectivity index (χ0v) is 18.7. The van der Waals surface area contributed by atoms with Crippen molar-refractivity contribution in [3.63, 3.8) is 0 Å². The highest BCUT2D eigenvalue weighted by Crippen LogP contribution is 2.29. The van der Waals surface area contributed by atoms with Gasteiger partial charge in [0, 0.05) is 12.5 Å². The summed E-state index contributed by atoms with van der Waals surface area (Å²) < 4.78 is 20.1. The van der Waals surface area contributed by atoms with E-state index >= 15 is 0 Å². The van der Waals surface area contributed by atoms with Gasteiger partial charge in [0.1, 0.15) is 11.9 Å². The average molecular weight is 453 g/mol. The summed E-state index contributed by atoms with van der Waals surface area (Å²) in [4.78, 5) is 24.6. The second kappa shape index (κ2) is 9.96. The smallest absolute Gasteiger partial charge is 0.414 e. The van der Waals surface area contributed by atoms with Gasteiger partial charge in [-0.3, -0.25) is 9.69 Å². The summed E-state index contributed by atoms with van der Waals surface area (Å²) in [7, 11) is 0. The molecule has 0 aliphatic carbocycles. The second-order valence-electron chi connectivity index (χ2n) is 7.90. The monoisotopic (exact) mass is 452 g/mol. The lowest BCUT2D eigenvalue weighted by molar-refractivity contribution is -0.119. The van der Waals surface area contributed by atoms with Gasteiger partial charge in [-0.1, -0.05) is 24.3 Å². The summed E-state index contributed by atoms with van der Waals surface area (Å²) in [5, 5.41) is 6.91. The largest absolute Gasteiger partial charge is 0.442 e. The van der Waals surface area contributed by atoms with Crippen molar-refractivity contribution < 1.29 is 18.7 Å². The van der Waals surface area contributed by atoms with Crippen molar-refractivity contribution >= 4 is 29.0 Å². The predicted octanol–water partition coefficient (Wildman–Crippen LogP) is 5.19. The molecular weight excluding hydrogens is 427 g/mol. The Morgan fingerprint density at radius 3 is 2.62 bits per heavy atom. The van der Waals surface area contributed by atoms with E-state index in [2.05, 4.69) is 22.1 Å². The minimum atomic E-state index is -0.542. The first kappa shape index (κ1) is 22.0. The van der Waals surface area contributed by atoms with Gasteiger partial charge in [-0.25, -0.2) is 9.18 Å². The van der Waals surface area contributed by atoms with Crippen molar-refractivity contribution in [2.24, 2.45) is 0 Å². The van der Waals surface area contributed by atoms with E-state index in [1.54, 1.807) is 23.5 Å². The quantitative estimate of drug-likeness (QED) is 0.512. The molecule has 1 fully saturated rings. The number of benzene rings is 2. The zero-order valence-electron chi connectivity index (χ0n) is 17.8. The van der Waals surface area contributed by atoms with Crippen molar-refractivity contribution in [3.8, 4) is 11.1 Å². The topological polar surface area (TPSA) is 58.6 Å². The highest BCUT2D eigenvalue weighted by molar-refractivity contribution is 7.07. The molecule has 1 aliphatic rings. The number of amides is 2. The minimum absolute atomic E-state index is 0.191. The Labute approximate surface area is 190 Å². The van der Waals surface area contributed by atoms with Crippen molar-refractivity contribution in [2.45, 2.75) is 32.3 Å². The maximum Gasteiger partial charge on any atom is 0.414 e. The van der Waals surface area contributed by atoms with Crippen molar-refractivity contribution in [3.05, 3.63) is 76.2 Å². The van der Waals surface area contributed by atoms with Gasteiger partial charge < -0.3 is 10.1 Å². The number of rotatable bonds is 8. The molecule has 2 aromatic carbocycles. The Morgan fingerprint density at radius 2 is 1.94 bits per heavy atom. The highest BCUT2D eigenvalue weighted by Gasteiger charge is 2.32. The van der Waals surface area contributed by atoms with E-state index in [0.717, 1.165) is 24.8 Å². The van der Waals surface area contributed by atoms with E-state index in [9.17, 15) is 14.0 Å². The summed E-state index contributed by atoms with van der Waals surface area (Å²) in [6.07, 6.45) is 2.12. The summed E-state index contributed by atoms with van der Waals surface area (Å²) in [6.45, 7) is 1.90. The molecule has 0 saturated carbocycles. The molecule has 1 N–H and O–H groups in total. The Bertz CT molecular complexity index is 1080. The van der Waals surface area contributed by atoms with Gasteiger partial charge in [-0.2, -0.15) is 11.3 Å². The molecule has 1 atom stereocenters. The molecule has 32 heavy (non-hydrogen) atoms. The van der Waals surface area contributed by atoms with Crippen LogP contribution in [0.1, 0.15) is 24.5 Å². The second-order valence-corrected chi connectivity index (χ2v) is 8.68. The highest BCUT2D eigenvalue weighted by atomic mass is 32.1. The molecule has 2 heterocycles. The number of hydrogen-bond donors (Lipinski definition) is 1. The Hall–Kier alpha value is -3.19. The molecule has 1 aromatic heterocycles. The number of anilines is 1. The van der Waals surface area contributed by atoms with Crippen molar-refractivity contribution in [1.29, 1.82) is 0 Å². The first-order valence-electron chi connectivity index (χ1n) is 10.6. The predicted molar refractivity (Wildman–Crippen MR) is 124 cm³/mol. The van der Waals surface area contributed by atoms with E-state index < -0.39 is 18.0 Å². The number of carbonyl (C=O) groups excluding carboxylic acids is 2. The Morgan fingerprint density at radius 1 is 1.16 bits per heavy atom. The normalized spacial score (nSPS) is 15.6. The third-order valence-corrected chi connectivity index (χ3v) is 6.23.